The van der Waals surface area contributed by atoms with Crippen LogP contribution in [0.5, 0.6) is 0 Å². The Morgan fingerprint density at radius 1 is 1.16 bits per heavy atom. The molecule has 0 aromatic rings. The van der Waals surface area contributed by atoms with Gasteiger partial charge in [-0.15, -0.1) is 0 Å². The number of aliphatic imine (C=N–C) groups is 1. The molecular weight excluding hydrogens is 314 g/mol. The summed E-state index contributed by atoms with van der Waals surface area (Å²) in [4.78, 5) is 20.5. The van der Waals surface area contributed by atoms with Crippen molar-refractivity contribution in [3.05, 3.63) is 0 Å². The minimum atomic E-state index is 0.0363. The number of nitrogens with zero attached hydrogens (tertiary/aromatic N) is 3. The van der Waals surface area contributed by atoms with Gasteiger partial charge in [0.25, 0.3) is 0 Å². The molecule has 0 bridgehead atoms. The van der Waals surface area contributed by atoms with E-state index < -0.39 is 0 Å². The van der Waals surface area contributed by atoms with Crippen LogP contribution in [-0.2, 0) is 4.79 Å². The predicted molar refractivity (Wildman–Crippen MR) is 104 cm³/mol. The van der Waals surface area contributed by atoms with Gasteiger partial charge in [0.2, 0.25) is 5.91 Å². The van der Waals surface area contributed by atoms with Crippen molar-refractivity contribution in [1.82, 2.24) is 20.4 Å². The fraction of sp³-hybridized carbons (Fsp3) is 0.895. The molecule has 0 radical (unpaired) electrons. The Bertz CT molecular complexity index is 426. The van der Waals surface area contributed by atoms with E-state index in [-0.39, 0.29) is 12.5 Å². The Balaban J connectivity index is 1.79. The molecule has 2 N–H and O–H groups in total. The normalized spacial score (nSPS) is 21.2. The molecular formula is C19H37N5O. The van der Waals surface area contributed by atoms with Crippen LogP contribution in [-0.4, -0.2) is 74.0 Å². The summed E-state index contributed by atoms with van der Waals surface area (Å²) >= 11 is 0. The van der Waals surface area contributed by atoms with Crippen molar-refractivity contribution in [2.75, 3.05) is 40.3 Å². The van der Waals surface area contributed by atoms with Gasteiger partial charge in [-0.25, -0.2) is 4.99 Å². The Hall–Kier alpha value is -1.30. The molecule has 1 aliphatic carbocycles. The lowest BCUT2D eigenvalue weighted by Crippen LogP contribution is -2.45. The van der Waals surface area contributed by atoms with Crippen LogP contribution in [0.15, 0.2) is 4.99 Å². The first-order valence-corrected chi connectivity index (χ1v) is 10.1. The monoisotopic (exact) mass is 351 g/mol. The topological polar surface area (TPSA) is 60.0 Å². The van der Waals surface area contributed by atoms with Gasteiger partial charge in [0.05, 0.1) is 0 Å². The van der Waals surface area contributed by atoms with Crippen molar-refractivity contribution in [3.63, 3.8) is 0 Å². The summed E-state index contributed by atoms with van der Waals surface area (Å²) in [5.74, 6) is 0.835. The number of likely N-dealkylation sites (tertiary alicyclic amines) is 1. The average molecular weight is 352 g/mol. The molecule has 25 heavy (non-hydrogen) atoms. The highest BCUT2D eigenvalue weighted by atomic mass is 16.2. The van der Waals surface area contributed by atoms with Gasteiger partial charge in [-0.1, -0.05) is 19.3 Å². The third-order valence-corrected chi connectivity index (χ3v) is 5.44. The van der Waals surface area contributed by atoms with E-state index in [2.05, 4.69) is 27.4 Å². The zero-order valence-electron chi connectivity index (χ0n) is 16.4. The number of likely N-dealkylation sites (N-methyl/N-ethyl adjacent to an activating group) is 1. The Labute approximate surface area is 153 Å². The van der Waals surface area contributed by atoms with Crippen LogP contribution in [0.2, 0.25) is 0 Å². The van der Waals surface area contributed by atoms with Gasteiger partial charge < -0.3 is 20.4 Å². The third-order valence-electron chi connectivity index (χ3n) is 5.44. The summed E-state index contributed by atoms with van der Waals surface area (Å²) in [5.41, 5.74) is 0. The van der Waals surface area contributed by atoms with Crippen LogP contribution in [0.25, 0.3) is 0 Å². The summed E-state index contributed by atoms with van der Waals surface area (Å²) in [6, 6.07) is 1.10. The highest BCUT2D eigenvalue weighted by Gasteiger charge is 2.18. The first-order chi connectivity index (χ1) is 12.1. The van der Waals surface area contributed by atoms with Crippen LogP contribution >= 0.6 is 0 Å². The Kier molecular flexibility index (Phi) is 8.52. The number of nitrogens with one attached hydrogen (secondary N) is 2. The van der Waals surface area contributed by atoms with E-state index in [1.165, 1.54) is 58.0 Å². The maximum Gasteiger partial charge on any atom is 0.243 e. The molecule has 1 saturated heterocycles. The number of amides is 1. The molecule has 0 aromatic carbocycles. The number of carbonyl (C=O) groups excluding carboxylic acids is 1. The number of hydrogen-bond donors (Lipinski definition) is 2. The molecule has 144 valence electrons. The standard InChI is InChI=1S/C19H37N5O/c1-16(24-13-7-4-8-14-24)11-12-20-19(21-15-18(25)23(2)3)22-17-9-5-6-10-17/h16-17H,4-15H2,1-3H3,(H2,20,21,22). The number of guanidine groups is 1. The second kappa shape index (κ2) is 10.6. The summed E-state index contributed by atoms with van der Waals surface area (Å²) in [6.45, 7) is 5.90. The molecule has 1 heterocycles. The minimum Gasteiger partial charge on any atom is -0.356 e. The molecule has 6 heteroatoms. The van der Waals surface area contributed by atoms with Crippen molar-refractivity contribution in [1.29, 1.82) is 0 Å². The second-order valence-electron chi connectivity index (χ2n) is 7.74. The maximum absolute atomic E-state index is 11.8. The first kappa shape index (κ1) is 20.0. The van der Waals surface area contributed by atoms with Crippen molar-refractivity contribution in [2.24, 2.45) is 4.99 Å². The van der Waals surface area contributed by atoms with Gasteiger partial charge in [-0.3, -0.25) is 4.79 Å². The molecule has 1 amide bonds. The molecule has 1 unspecified atom stereocenters. The number of carbonyl (C=O) groups is 1. The molecule has 1 aliphatic heterocycles. The van der Waals surface area contributed by atoms with E-state index in [4.69, 9.17) is 0 Å². The molecule has 1 saturated carbocycles. The number of piperidine rings is 1. The van der Waals surface area contributed by atoms with Crippen LogP contribution in [0.1, 0.15) is 58.3 Å². The van der Waals surface area contributed by atoms with Crippen molar-refractivity contribution < 1.29 is 4.79 Å². The first-order valence-electron chi connectivity index (χ1n) is 10.1. The number of hydrogen-bond acceptors (Lipinski definition) is 3. The van der Waals surface area contributed by atoms with Crippen molar-refractivity contribution in [3.8, 4) is 0 Å². The molecule has 6 nitrogen and oxygen atoms in total. The molecule has 2 fully saturated rings. The lowest BCUT2D eigenvalue weighted by molar-refractivity contribution is -0.127. The van der Waals surface area contributed by atoms with Crippen LogP contribution < -0.4 is 10.6 Å². The van der Waals surface area contributed by atoms with E-state index in [0.29, 0.717) is 12.1 Å². The molecule has 0 aromatic heterocycles. The lowest BCUT2D eigenvalue weighted by atomic mass is 10.1. The fourth-order valence-corrected chi connectivity index (χ4v) is 3.65. The largest absolute Gasteiger partial charge is 0.356 e. The van der Waals surface area contributed by atoms with Gasteiger partial charge in [0.1, 0.15) is 6.54 Å². The summed E-state index contributed by atoms with van der Waals surface area (Å²) < 4.78 is 0. The zero-order chi connectivity index (χ0) is 18.1. The Morgan fingerprint density at radius 3 is 2.48 bits per heavy atom. The second-order valence-corrected chi connectivity index (χ2v) is 7.74. The smallest absolute Gasteiger partial charge is 0.243 e. The van der Waals surface area contributed by atoms with E-state index in [1.807, 2.05) is 0 Å². The van der Waals surface area contributed by atoms with E-state index in [9.17, 15) is 4.79 Å². The highest BCUT2D eigenvalue weighted by molar-refractivity contribution is 5.84. The molecule has 0 spiro atoms. The summed E-state index contributed by atoms with van der Waals surface area (Å²) in [6.07, 6.45) is 10.1. The summed E-state index contributed by atoms with van der Waals surface area (Å²) in [5, 5.41) is 6.97. The highest BCUT2D eigenvalue weighted by Crippen LogP contribution is 2.17. The quantitative estimate of drug-likeness (QED) is 0.543. The van der Waals surface area contributed by atoms with Gasteiger partial charge >= 0.3 is 0 Å². The Morgan fingerprint density at radius 2 is 1.84 bits per heavy atom. The van der Waals surface area contributed by atoms with Crippen LogP contribution in [0.4, 0.5) is 0 Å². The SMILES string of the molecule is CC(CCNC(=NCC(=O)N(C)C)NC1CCCC1)N1CCCCC1. The molecule has 2 aliphatic rings. The molecule has 1 atom stereocenters. The lowest BCUT2D eigenvalue weighted by Gasteiger charge is -2.32. The van der Waals surface area contributed by atoms with E-state index in [0.717, 1.165) is 18.9 Å². The van der Waals surface area contributed by atoms with Crippen LogP contribution in [0.3, 0.4) is 0 Å². The maximum atomic E-state index is 11.8. The third kappa shape index (κ3) is 7.22. The average Bonchev–Trinajstić information content (AvgIpc) is 3.12. The van der Waals surface area contributed by atoms with Crippen molar-refractivity contribution in [2.45, 2.75) is 70.4 Å². The van der Waals surface area contributed by atoms with Gasteiger partial charge in [0, 0.05) is 32.7 Å². The van der Waals surface area contributed by atoms with Gasteiger partial charge in [-0.2, -0.15) is 0 Å². The predicted octanol–water partition coefficient (Wildman–Crippen LogP) is 1.82. The fourth-order valence-electron chi connectivity index (χ4n) is 3.65. The van der Waals surface area contributed by atoms with E-state index >= 15 is 0 Å². The molecule has 2 rings (SSSR count). The van der Waals surface area contributed by atoms with Crippen LogP contribution in [0, 0.1) is 0 Å². The number of rotatable bonds is 7. The van der Waals surface area contributed by atoms with Crippen molar-refractivity contribution >= 4 is 11.9 Å². The van der Waals surface area contributed by atoms with Gasteiger partial charge in [-0.05, 0) is 52.1 Å². The summed E-state index contributed by atoms with van der Waals surface area (Å²) in [7, 11) is 3.55. The van der Waals surface area contributed by atoms with Gasteiger partial charge in [0.15, 0.2) is 5.96 Å². The van der Waals surface area contributed by atoms with E-state index in [1.54, 1.807) is 19.0 Å². The minimum absolute atomic E-state index is 0.0363. The zero-order valence-corrected chi connectivity index (χ0v) is 16.4.